The molecule has 0 atom stereocenters. The van der Waals surface area contributed by atoms with Crippen LogP contribution in [-0.2, 0) is 22.3 Å². The number of nitrogens with zero attached hydrogens (tertiary/aromatic N) is 5. The number of benzene rings is 1. The van der Waals surface area contributed by atoms with Gasteiger partial charge in [0.2, 0.25) is 11.8 Å². The highest BCUT2D eigenvalue weighted by Gasteiger charge is 2.33. The number of hydrogen-bond acceptors (Lipinski definition) is 6. The molecular weight excluding hydrogens is 457 g/mol. The van der Waals surface area contributed by atoms with Gasteiger partial charge in [0, 0.05) is 31.5 Å². The van der Waals surface area contributed by atoms with Crippen molar-refractivity contribution in [3.63, 3.8) is 0 Å². The second-order valence-electron chi connectivity index (χ2n) is 6.92. The molecule has 0 aliphatic heterocycles. The third-order valence-electron chi connectivity index (χ3n) is 4.61. The normalized spacial score (nSPS) is 11.3. The molecular formula is C21H21F3N6O2S. The number of hydrogen-bond donors (Lipinski definition) is 1. The molecule has 2 aromatic heterocycles. The average molecular weight is 479 g/mol. The van der Waals surface area contributed by atoms with E-state index in [9.17, 15) is 22.8 Å². The molecule has 12 heteroatoms. The molecule has 2 amide bonds. The fourth-order valence-corrected chi connectivity index (χ4v) is 3.91. The van der Waals surface area contributed by atoms with Gasteiger partial charge in [0.1, 0.15) is 0 Å². The molecule has 0 fully saturated rings. The minimum atomic E-state index is -4.60. The standard InChI is InChI=1S/C21H21F3N6O2S/c1-3-30-19(14-8-10-25-11-9-14)27-28-20(30)33-13-18(32)29(2)12-17(31)26-16-7-5-4-6-15(16)21(22,23)24/h4-11H,3,12-13H2,1-2H3,(H,26,31). The van der Waals surface area contributed by atoms with E-state index in [4.69, 9.17) is 0 Å². The zero-order valence-corrected chi connectivity index (χ0v) is 18.7. The molecule has 0 bridgehead atoms. The lowest BCUT2D eigenvalue weighted by Crippen LogP contribution is -2.36. The van der Waals surface area contributed by atoms with Crippen LogP contribution in [0.25, 0.3) is 11.4 Å². The molecule has 0 saturated heterocycles. The van der Waals surface area contributed by atoms with E-state index < -0.39 is 24.2 Å². The van der Waals surface area contributed by atoms with Gasteiger partial charge in [-0.15, -0.1) is 10.2 Å². The number of rotatable bonds is 8. The van der Waals surface area contributed by atoms with Crippen LogP contribution in [0, 0.1) is 0 Å². The van der Waals surface area contributed by atoms with E-state index in [1.54, 1.807) is 24.5 Å². The zero-order chi connectivity index (χ0) is 24.0. The van der Waals surface area contributed by atoms with Crippen molar-refractivity contribution in [3.8, 4) is 11.4 Å². The molecule has 1 N–H and O–H groups in total. The summed E-state index contributed by atoms with van der Waals surface area (Å²) in [4.78, 5) is 29.8. The van der Waals surface area contributed by atoms with Crippen LogP contribution in [0.5, 0.6) is 0 Å². The van der Waals surface area contributed by atoms with Crippen LogP contribution in [-0.4, -0.2) is 55.8 Å². The van der Waals surface area contributed by atoms with Gasteiger partial charge in [-0.2, -0.15) is 13.2 Å². The fraction of sp³-hybridized carbons (Fsp3) is 0.286. The van der Waals surface area contributed by atoms with Crippen LogP contribution < -0.4 is 5.32 Å². The van der Waals surface area contributed by atoms with Crippen LogP contribution in [0.2, 0.25) is 0 Å². The van der Waals surface area contributed by atoms with Gasteiger partial charge in [0.15, 0.2) is 11.0 Å². The highest BCUT2D eigenvalue weighted by Crippen LogP contribution is 2.34. The Morgan fingerprint density at radius 3 is 2.48 bits per heavy atom. The topological polar surface area (TPSA) is 93.0 Å². The molecule has 174 valence electrons. The van der Waals surface area contributed by atoms with E-state index >= 15 is 0 Å². The summed E-state index contributed by atoms with van der Waals surface area (Å²) in [6, 6.07) is 8.28. The van der Waals surface area contributed by atoms with E-state index in [0.717, 1.165) is 34.4 Å². The summed E-state index contributed by atoms with van der Waals surface area (Å²) >= 11 is 1.16. The first-order valence-corrected chi connectivity index (χ1v) is 10.9. The number of aromatic nitrogens is 4. The molecule has 2 heterocycles. The second kappa shape index (κ2) is 10.5. The molecule has 1 aromatic carbocycles. The van der Waals surface area contributed by atoms with Crippen molar-refractivity contribution in [2.45, 2.75) is 24.8 Å². The quantitative estimate of drug-likeness (QED) is 0.498. The molecule has 3 aromatic rings. The lowest BCUT2D eigenvalue weighted by molar-refractivity contribution is -0.137. The third-order valence-corrected chi connectivity index (χ3v) is 5.56. The first-order chi connectivity index (χ1) is 15.7. The van der Waals surface area contributed by atoms with Crippen LogP contribution >= 0.6 is 11.8 Å². The van der Waals surface area contributed by atoms with Crippen molar-refractivity contribution in [2.75, 3.05) is 24.7 Å². The molecule has 0 radical (unpaired) electrons. The predicted molar refractivity (Wildman–Crippen MR) is 117 cm³/mol. The maximum absolute atomic E-state index is 13.1. The number of thioether (sulfide) groups is 1. The minimum Gasteiger partial charge on any atom is -0.336 e. The number of carbonyl (C=O) groups is 2. The van der Waals surface area contributed by atoms with Gasteiger partial charge < -0.3 is 14.8 Å². The van der Waals surface area contributed by atoms with E-state index in [0.29, 0.717) is 17.5 Å². The first-order valence-electron chi connectivity index (χ1n) is 9.87. The number of pyridine rings is 1. The Kier molecular flexibility index (Phi) is 7.69. The fourth-order valence-electron chi connectivity index (χ4n) is 2.96. The number of amides is 2. The van der Waals surface area contributed by atoms with Gasteiger partial charge >= 0.3 is 6.18 Å². The number of likely N-dealkylation sites (N-methyl/N-ethyl adjacent to an activating group) is 1. The number of para-hydroxylation sites is 1. The maximum Gasteiger partial charge on any atom is 0.418 e. The number of carbonyl (C=O) groups excluding carboxylic acids is 2. The maximum atomic E-state index is 13.1. The number of anilines is 1. The SMILES string of the molecule is CCn1c(SCC(=O)N(C)CC(=O)Nc2ccccc2C(F)(F)F)nnc1-c1ccncc1. The van der Waals surface area contributed by atoms with Gasteiger partial charge in [-0.05, 0) is 31.2 Å². The van der Waals surface area contributed by atoms with Crippen molar-refractivity contribution in [1.29, 1.82) is 0 Å². The van der Waals surface area contributed by atoms with Crippen molar-refractivity contribution in [2.24, 2.45) is 0 Å². The minimum absolute atomic E-state index is 0.0165. The molecule has 0 saturated carbocycles. The summed E-state index contributed by atoms with van der Waals surface area (Å²) < 4.78 is 41.1. The molecule has 0 aliphatic rings. The summed E-state index contributed by atoms with van der Waals surface area (Å²) in [5, 5.41) is 11.1. The lowest BCUT2D eigenvalue weighted by atomic mass is 10.1. The van der Waals surface area contributed by atoms with Crippen molar-refractivity contribution in [1.82, 2.24) is 24.6 Å². The molecule has 3 rings (SSSR count). The molecule has 8 nitrogen and oxygen atoms in total. The molecule has 33 heavy (non-hydrogen) atoms. The Balaban J connectivity index is 1.59. The summed E-state index contributed by atoms with van der Waals surface area (Å²) in [5.74, 6) is -0.484. The van der Waals surface area contributed by atoms with Crippen molar-refractivity contribution >= 4 is 29.3 Å². The first kappa shape index (κ1) is 24.2. The van der Waals surface area contributed by atoms with E-state index in [1.165, 1.54) is 19.2 Å². The molecule has 0 aliphatic carbocycles. The Labute approximate surface area is 192 Å². The largest absolute Gasteiger partial charge is 0.418 e. The summed E-state index contributed by atoms with van der Waals surface area (Å²) in [6.45, 7) is 2.11. The third kappa shape index (κ3) is 6.09. The average Bonchev–Trinajstić information content (AvgIpc) is 3.20. The Hall–Kier alpha value is -3.41. The smallest absolute Gasteiger partial charge is 0.336 e. The number of nitrogens with one attached hydrogen (secondary N) is 1. The van der Waals surface area contributed by atoms with Crippen molar-refractivity contribution in [3.05, 3.63) is 54.4 Å². The van der Waals surface area contributed by atoms with E-state index in [2.05, 4.69) is 20.5 Å². The van der Waals surface area contributed by atoms with Crippen LogP contribution in [0.4, 0.5) is 18.9 Å². The lowest BCUT2D eigenvalue weighted by Gasteiger charge is -2.18. The van der Waals surface area contributed by atoms with Crippen LogP contribution in [0.15, 0.2) is 53.9 Å². The second-order valence-corrected chi connectivity index (χ2v) is 7.86. The highest BCUT2D eigenvalue weighted by atomic mass is 32.2. The summed E-state index contributed by atoms with van der Waals surface area (Å²) in [6.07, 6.45) is -1.31. The Morgan fingerprint density at radius 2 is 1.82 bits per heavy atom. The van der Waals surface area contributed by atoms with Gasteiger partial charge in [0.05, 0.1) is 23.5 Å². The summed E-state index contributed by atoms with van der Waals surface area (Å²) in [5.41, 5.74) is -0.470. The van der Waals surface area contributed by atoms with Gasteiger partial charge in [-0.25, -0.2) is 0 Å². The number of halogens is 3. The predicted octanol–water partition coefficient (Wildman–Crippen LogP) is 3.57. The van der Waals surface area contributed by atoms with Crippen LogP contribution in [0.3, 0.4) is 0 Å². The highest BCUT2D eigenvalue weighted by molar-refractivity contribution is 7.99. The van der Waals surface area contributed by atoms with E-state index in [1.807, 2.05) is 11.5 Å². The number of alkyl halides is 3. The van der Waals surface area contributed by atoms with Gasteiger partial charge in [-0.3, -0.25) is 14.6 Å². The van der Waals surface area contributed by atoms with Gasteiger partial charge in [0.25, 0.3) is 0 Å². The summed E-state index contributed by atoms with van der Waals surface area (Å²) in [7, 11) is 1.41. The van der Waals surface area contributed by atoms with Crippen molar-refractivity contribution < 1.29 is 22.8 Å². The Morgan fingerprint density at radius 1 is 1.12 bits per heavy atom. The van der Waals surface area contributed by atoms with Crippen LogP contribution in [0.1, 0.15) is 12.5 Å². The van der Waals surface area contributed by atoms with E-state index in [-0.39, 0.29) is 17.3 Å². The molecule has 0 unspecified atom stereocenters. The zero-order valence-electron chi connectivity index (χ0n) is 17.8. The van der Waals surface area contributed by atoms with Gasteiger partial charge in [-0.1, -0.05) is 23.9 Å². The monoisotopic (exact) mass is 478 g/mol. The Bertz CT molecular complexity index is 1120. The molecule has 0 spiro atoms.